The van der Waals surface area contributed by atoms with E-state index in [2.05, 4.69) is 40.5 Å². The number of nitrogens with one attached hydrogen (secondary N) is 1. The van der Waals surface area contributed by atoms with Gasteiger partial charge in [-0.3, -0.25) is 9.69 Å². The van der Waals surface area contributed by atoms with Crippen LogP contribution in [-0.4, -0.2) is 36.5 Å². The average molecular weight is 289 g/mol. The number of carbonyl (C=O) groups excluding carboxylic acids is 1. The number of piperidine rings is 1. The Labute approximate surface area is 127 Å². The maximum Gasteiger partial charge on any atom is 0.224 e. The van der Waals surface area contributed by atoms with Crippen LogP contribution in [0, 0.1) is 5.41 Å². The monoisotopic (exact) mass is 289 g/mol. The van der Waals surface area contributed by atoms with Gasteiger partial charge in [-0.05, 0) is 45.3 Å². The maximum absolute atomic E-state index is 11.3. The highest BCUT2D eigenvalue weighted by molar-refractivity contribution is 5.80. The van der Waals surface area contributed by atoms with Crippen molar-refractivity contribution in [3.05, 3.63) is 35.9 Å². The first kappa shape index (κ1) is 16.0. The number of nitrogens with two attached hydrogens (primary N) is 1. The van der Waals surface area contributed by atoms with Gasteiger partial charge in [-0.1, -0.05) is 30.3 Å². The minimum absolute atomic E-state index is 0.239. The van der Waals surface area contributed by atoms with Crippen molar-refractivity contribution in [2.75, 3.05) is 19.6 Å². The van der Waals surface area contributed by atoms with E-state index < -0.39 is 5.41 Å². The summed E-state index contributed by atoms with van der Waals surface area (Å²) < 4.78 is 0. The Hall–Kier alpha value is -1.39. The van der Waals surface area contributed by atoms with Crippen LogP contribution in [0.25, 0.3) is 0 Å². The van der Waals surface area contributed by atoms with E-state index >= 15 is 0 Å². The van der Waals surface area contributed by atoms with E-state index in [1.807, 2.05) is 13.8 Å². The molecular formula is C17H27N3O. The summed E-state index contributed by atoms with van der Waals surface area (Å²) >= 11 is 0. The molecular weight excluding hydrogens is 262 g/mol. The summed E-state index contributed by atoms with van der Waals surface area (Å²) in [5, 5.41) is 3.50. The van der Waals surface area contributed by atoms with Gasteiger partial charge in [0.15, 0.2) is 0 Å². The van der Waals surface area contributed by atoms with Crippen molar-refractivity contribution in [1.29, 1.82) is 0 Å². The molecule has 1 heterocycles. The van der Waals surface area contributed by atoms with Crippen molar-refractivity contribution in [2.45, 2.75) is 39.3 Å². The molecule has 0 aromatic heterocycles. The molecule has 1 amide bonds. The average Bonchev–Trinajstić information content (AvgIpc) is 2.47. The number of hydrogen-bond donors (Lipinski definition) is 2. The fourth-order valence-electron chi connectivity index (χ4n) is 2.62. The van der Waals surface area contributed by atoms with E-state index in [9.17, 15) is 4.79 Å². The Morgan fingerprint density at radius 2 is 1.90 bits per heavy atom. The van der Waals surface area contributed by atoms with Gasteiger partial charge in [-0.15, -0.1) is 0 Å². The summed E-state index contributed by atoms with van der Waals surface area (Å²) in [6.07, 6.45) is 2.25. The summed E-state index contributed by atoms with van der Waals surface area (Å²) in [5.74, 6) is -0.239. The highest BCUT2D eigenvalue weighted by Crippen LogP contribution is 2.17. The fourth-order valence-corrected chi connectivity index (χ4v) is 2.62. The van der Waals surface area contributed by atoms with Crippen molar-refractivity contribution in [3.8, 4) is 0 Å². The van der Waals surface area contributed by atoms with E-state index in [0.717, 1.165) is 32.5 Å². The van der Waals surface area contributed by atoms with Crippen molar-refractivity contribution < 1.29 is 4.79 Å². The van der Waals surface area contributed by atoms with Gasteiger partial charge < -0.3 is 11.1 Å². The molecule has 0 aliphatic carbocycles. The van der Waals surface area contributed by atoms with Crippen molar-refractivity contribution in [1.82, 2.24) is 10.2 Å². The molecule has 1 aromatic carbocycles. The largest absolute Gasteiger partial charge is 0.369 e. The van der Waals surface area contributed by atoms with Crippen LogP contribution in [-0.2, 0) is 11.3 Å². The Morgan fingerprint density at radius 1 is 1.29 bits per heavy atom. The predicted molar refractivity (Wildman–Crippen MR) is 85.7 cm³/mol. The predicted octanol–water partition coefficient (Wildman–Crippen LogP) is 1.75. The lowest BCUT2D eigenvalue weighted by Gasteiger charge is -2.34. The molecule has 1 aliphatic heterocycles. The lowest BCUT2D eigenvalue weighted by molar-refractivity contribution is -0.125. The molecule has 21 heavy (non-hydrogen) atoms. The second-order valence-electron chi connectivity index (χ2n) is 6.67. The molecule has 0 atom stereocenters. The smallest absolute Gasteiger partial charge is 0.224 e. The quantitative estimate of drug-likeness (QED) is 0.839. The van der Waals surface area contributed by atoms with Crippen LogP contribution in [0.15, 0.2) is 30.3 Å². The van der Waals surface area contributed by atoms with E-state index in [1.165, 1.54) is 5.56 Å². The molecule has 1 aromatic rings. The molecule has 1 fully saturated rings. The first-order valence-corrected chi connectivity index (χ1v) is 7.77. The highest BCUT2D eigenvalue weighted by atomic mass is 16.1. The molecule has 116 valence electrons. The molecule has 1 aliphatic rings. The number of benzene rings is 1. The fraction of sp³-hybridized carbons (Fsp3) is 0.588. The second-order valence-corrected chi connectivity index (χ2v) is 6.67. The van der Waals surface area contributed by atoms with E-state index in [-0.39, 0.29) is 5.91 Å². The van der Waals surface area contributed by atoms with Crippen molar-refractivity contribution in [3.63, 3.8) is 0 Å². The van der Waals surface area contributed by atoms with Gasteiger partial charge in [0.25, 0.3) is 0 Å². The van der Waals surface area contributed by atoms with Crippen LogP contribution in [0.1, 0.15) is 32.3 Å². The molecule has 0 spiro atoms. The normalized spacial score (nSPS) is 17.8. The zero-order chi connectivity index (χ0) is 15.3. The molecule has 1 saturated heterocycles. The molecule has 0 radical (unpaired) electrons. The maximum atomic E-state index is 11.3. The number of nitrogens with zero attached hydrogens (tertiary/aromatic N) is 1. The number of likely N-dealkylation sites (tertiary alicyclic amines) is 1. The standard InChI is InChI=1S/C17H27N3O/c1-17(2,16(18)21)13-19-15-8-10-20(11-9-15)12-14-6-4-3-5-7-14/h3-7,15,19H,8-13H2,1-2H3,(H2,18,21). The minimum atomic E-state index is -0.471. The summed E-state index contributed by atoms with van der Waals surface area (Å²) in [7, 11) is 0. The van der Waals surface area contributed by atoms with Crippen LogP contribution in [0.4, 0.5) is 0 Å². The first-order chi connectivity index (χ1) is 9.97. The molecule has 0 bridgehead atoms. The summed E-state index contributed by atoms with van der Waals surface area (Å²) in [6.45, 7) is 7.68. The molecule has 3 N–H and O–H groups in total. The number of carbonyl (C=O) groups is 1. The third-order valence-corrected chi connectivity index (χ3v) is 4.34. The lowest BCUT2D eigenvalue weighted by atomic mass is 9.91. The first-order valence-electron chi connectivity index (χ1n) is 7.77. The lowest BCUT2D eigenvalue weighted by Crippen LogP contribution is -2.47. The summed E-state index contributed by atoms with van der Waals surface area (Å²) in [5.41, 5.74) is 6.31. The van der Waals surface area contributed by atoms with Gasteiger partial charge in [-0.2, -0.15) is 0 Å². The van der Waals surface area contributed by atoms with Gasteiger partial charge in [0, 0.05) is 19.1 Å². The third-order valence-electron chi connectivity index (χ3n) is 4.34. The Balaban J connectivity index is 1.72. The number of amides is 1. The van der Waals surface area contributed by atoms with E-state index in [1.54, 1.807) is 0 Å². The Morgan fingerprint density at radius 3 is 2.48 bits per heavy atom. The Bertz CT molecular complexity index is 450. The minimum Gasteiger partial charge on any atom is -0.369 e. The van der Waals surface area contributed by atoms with Crippen LogP contribution in [0.2, 0.25) is 0 Å². The second kappa shape index (κ2) is 7.05. The number of primary amides is 1. The highest BCUT2D eigenvalue weighted by Gasteiger charge is 2.27. The number of hydrogen-bond acceptors (Lipinski definition) is 3. The van der Waals surface area contributed by atoms with E-state index in [0.29, 0.717) is 12.6 Å². The molecule has 0 saturated carbocycles. The van der Waals surface area contributed by atoms with Crippen LogP contribution in [0.5, 0.6) is 0 Å². The van der Waals surface area contributed by atoms with Gasteiger partial charge in [0.05, 0.1) is 5.41 Å². The zero-order valence-corrected chi connectivity index (χ0v) is 13.1. The topological polar surface area (TPSA) is 58.4 Å². The number of rotatable bonds is 6. The van der Waals surface area contributed by atoms with Crippen molar-refractivity contribution in [2.24, 2.45) is 11.1 Å². The summed E-state index contributed by atoms with van der Waals surface area (Å²) in [4.78, 5) is 13.8. The molecule has 0 unspecified atom stereocenters. The van der Waals surface area contributed by atoms with Crippen molar-refractivity contribution >= 4 is 5.91 Å². The van der Waals surface area contributed by atoms with Crippen LogP contribution < -0.4 is 11.1 Å². The summed E-state index contributed by atoms with van der Waals surface area (Å²) in [6, 6.07) is 11.1. The van der Waals surface area contributed by atoms with Crippen LogP contribution in [0.3, 0.4) is 0 Å². The van der Waals surface area contributed by atoms with Gasteiger partial charge in [0.1, 0.15) is 0 Å². The molecule has 4 nitrogen and oxygen atoms in total. The molecule has 4 heteroatoms. The van der Waals surface area contributed by atoms with E-state index in [4.69, 9.17) is 5.73 Å². The van der Waals surface area contributed by atoms with Gasteiger partial charge in [-0.25, -0.2) is 0 Å². The van der Waals surface area contributed by atoms with Gasteiger partial charge in [0.2, 0.25) is 5.91 Å². The molecule has 2 rings (SSSR count). The Kier molecular flexibility index (Phi) is 5.37. The SMILES string of the molecule is CC(C)(CNC1CCN(Cc2ccccc2)CC1)C(N)=O. The van der Waals surface area contributed by atoms with Crippen LogP contribution >= 0.6 is 0 Å². The van der Waals surface area contributed by atoms with Gasteiger partial charge >= 0.3 is 0 Å². The zero-order valence-electron chi connectivity index (χ0n) is 13.1. The third kappa shape index (κ3) is 4.83.